The Hall–Kier alpha value is -3.08. The number of nitrogens with zero attached hydrogens (tertiary/aromatic N) is 2. The Morgan fingerprint density at radius 1 is 1.22 bits per heavy atom. The van der Waals surface area contributed by atoms with E-state index >= 15 is 0 Å². The molecular formula is C18H16N4O. The van der Waals surface area contributed by atoms with Crippen LogP contribution in [0.2, 0.25) is 0 Å². The highest BCUT2D eigenvalue weighted by atomic mass is 16.1. The first-order chi connectivity index (χ1) is 11.2. The number of benzene rings is 2. The molecule has 0 bridgehead atoms. The van der Waals surface area contributed by atoms with Crippen LogP contribution < -0.4 is 5.32 Å². The molecule has 0 aliphatic rings. The van der Waals surface area contributed by atoms with Gasteiger partial charge in [0.05, 0.1) is 17.4 Å². The molecule has 2 N–H and O–H groups in total. The minimum atomic E-state index is -0.0755. The number of fused-ring (bicyclic) bond motifs is 2. The second kappa shape index (κ2) is 5.28. The molecule has 2 aromatic heterocycles. The number of aryl methyl sites for hydroxylation is 1. The number of H-pyrrole nitrogens is 1. The Balaban J connectivity index is 1.55. The van der Waals surface area contributed by atoms with Crippen molar-refractivity contribution in [1.82, 2.24) is 19.9 Å². The van der Waals surface area contributed by atoms with Crippen LogP contribution in [-0.4, -0.2) is 20.4 Å². The van der Waals surface area contributed by atoms with Gasteiger partial charge in [-0.2, -0.15) is 0 Å². The fourth-order valence-corrected chi connectivity index (χ4v) is 2.87. The van der Waals surface area contributed by atoms with E-state index < -0.39 is 0 Å². The van der Waals surface area contributed by atoms with Crippen molar-refractivity contribution in [2.45, 2.75) is 6.54 Å². The Morgan fingerprint density at radius 3 is 2.96 bits per heavy atom. The van der Waals surface area contributed by atoms with E-state index in [2.05, 4.69) is 15.3 Å². The zero-order chi connectivity index (χ0) is 15.8. The van der Waals surface area contributed by atoms with Crippen LogP contribution >= 0.6 is 0 Å². The summed E-state index contributed by atoms with van der Waals surface area (Å²) in [5.74, 6) is -0.0755. The van der Waals surface area contributed by atoms with Crippen LogP contribution in [0.1, 0.15) is 16.1 Å². The van der Waals surface area contributed by atoms with Gasteiger partial charge in [0.1, 0.15) is 5.69 Å². The summed E-state index contributed by atoms with van der Waals surface area (Å²) in [6.07, 6.45) is 1.67. The van der Waals surface area contributed by atoms with Gasteiger partial charge in [0.2, 0.25) is 0 Å². The molecule has 0 saturated heterocycles. The number of aromatic nitrogens is 3. The summed E-state index contributed by atoms with van der Waals surface area (Å²) in [5.41, 5.74) is 4.65. The van der Waals surface area contributed by atoms with E-state index in [1.807, 2.05) is 60.1 Å². The standard InChI is InChI=1S/C18H16N4O/c1-22-16-5-3-2-4-13(16)9-17(22)18(23)19-10-12-6-7-14-15(8-12)21-11-20-14/h2-9,11H,10H2,1H3,(H,19,23)(H,20,21). The van der Waals surface area contributed by atoms with E-state index in [1.165, 1.54) is 0 Å². The third-order valence-electron chi connectivity index (χ3n) is 4.12. The van der Waals surface area contributed by atoms with Gasteiger partial charge in [-0.15, -0.1) is 0 Å². The summed E-state index contributed by atoms with van der Waals surface area (Å²) in [6.45, 7) is 0.481. The maximum Gasteiger partial charge on any atom is 0.268 e. The monoisotopic (exact) mass is 304 g/mol. The van der Waals surface area contributed by atoms with Gasteiger partial charge >= 0.3 is 0 Å². The Labute approximate surface area is 133 Å². The Bertz CT molecular complexity index is 1010. The van der Waals surface area contributed by atoms with Gasteiger partial charge in [0.25, 0.3) is 5.91 Å². The first-order valence-electron chi connectivity index (χ1n) is 7.47. The predicted molar refractivity (Wildman–Crippen MR) is 90.2 cm³/mol. The normalized spacial score (nSPS) is 11.2. The summed E-state index contributed by atoms with van der Waals surface area (Å²) in [6, 6.07) is 15.8. The SMILES string of the molecule is Cn1c(C(=O)NCc2ccc3nc[nH]c3c2)cc2ccccc21. The molecule has 2 heterocycles. The number of amides is 1. The minimum Gasteiger partial charge on any atom is -0.347 e. The van der Waals surface area contributed by atoms with Gasteiger partial charge in [-0.3, -0.25) is 4.79 Å². The average molecular weight is 304 g/mol. The van der Waals surface area contributed by atoms with Gasteiger partial charge < -0.3 is 14.9 Å². The van der Waals surface area contributed by atoms with E-state index in [9.17, 15) is 4.79 Å². The van der Waals surface area contributed by atoms with Crippen molar-refractivity contribution < 1.29 is 4.79 Å². The van der Waals surface area contributed by atoms with Gasteiger partial charge in [-0.25, -0.2) is 4.98 Å². The van der Waals surface area contributed by atoms with Gasteiger partial charge in [-0.05, 0) is 29.8 Å². The number of carbonyl (C=O) groups excluding carboxylic acids is 1. The molecule has 1 amide bonds. The van der Waals surface area contributed by atoms with Crippen molar-refractivity contribution >= 4 is 27.8 Å². The molecule has 0 aliphatic heterocycles. The van der Waals surface area contributed by atoms with Gasteiger partial charge in [0, 0.05) is 24.5 Å². The quantitative estimate of drug-likeness (QED) is 0.611. The van der Waals surface area contributed by atoms with Crippen LogP contribution in [0.25, 0.3) is 21.9 Å². The number of nitrogens with one attached hydrogen (secondary N) is 2. The minimum absolute atomic E-state index is 0.0755. The summed E-state index contributed by atoms with van der Waals surface area (Å²) in [4.78, 5) is 19.7. The molecule has 0 fully saturated rings. The summed E-state index contributed by atoms with van der Waals surface area (Å²) < 4.78 is 1.92. The van der Waals surface area contributed by atoms with Crippen LogP contribution in [0.3, 0.4) is 0 Å². The number of hydrogen-bond donors (Lipinski definition) is 2. The maximum atomic E-state index is 12.5. The molecule has 4 rings (SSSR count). The third-order valence-corrected chi connectivity index (χ3v) is 4.12. The summed E-state index contributed by atoms with van der Waals surface area (Å²) in [7, 11) is 1.91. The largest absolute Gasteiger partial charge is 0.347 e. The lowest BCUT2D eigenvalue weighted by Crippen LogP contribution is -2.24. The first kappa shape index (κ1) is 13.6. The Morgan fingerprint density at radius 2 is 2.09 bits per heavy atom. The smallest absolute Gasteiger partial charge is 0.268 e. The second-order valence-electron chi connectivity index (χ2n) is 5.58. The number of carbonyl (C=O) groups is 1. The zero-order valence-corrected chi connectivity index (χ0v) is 12.7. The molecule has 4 aromatic rings. The Kier molecular flexibility index (Phi) is 3.12. The molecule has 23 heavy (non-hydrogen) atoms. The van der Waals surface area contributed by atoms with Gasteiger partial charge in [0.15, 0.2) is 0 Å². The fourth-order valence-electron chi connectivity index (χ4n) is 2.87. The number of rotatable bonds is 3. The van der Waals surface area contributed by atoms with Crippen LogP contribution in [0.5, 0.6) is 0 Å². The van der Waals surface area contributed by atoms with Crippen molar-refractivity contribution in [2.75, 3.05) is 0 Å². The van der Waals surface area contributed by atoms with Gasteiger partial charge in [-0.1, -0.05) is 24.3 Å². The van der Waals surface area contributed by atoms with Crippen molar-refractivity contribution in [3.8, 4) is 0 Å². The molecule has 0 atom stereocenters. The fraction of sp³-hybridized carbons (Fsp3) is 0.111. The number of aromatic amines is 1. The highest BCUT2D eigenvalue weighted by Crippen LogP contribution is 2.18. The maximum absolute atomic E-state index is 12.5. The van der Waals surface area contributed by atoms with Crippen LogP contribution in [0, 0.1) is 0 Å². The van der Waals surface area contributed by atoms with Crippen LogP contribution in [0.4, 0.5) is 0 Å². The number of para-hydroxylation sites is 1. The zero-order valence-electron chi connectivity index (χ0n) is 12.7. The molecular weight excluding hydrogens is 288 g/mol. The highest BCUT2D eigenvalue weighted by molar-refractivity contribution is 5.98. The first-order valence-corrected chi connectivity index (χ1v) is 7.47. The predicted octanol–water partition coefficient (Wildman–Crippen LogP) is 2.98. The van der Waals surface area contributed by atoms with Crippen molar-refractivity contribution in [2.24, 2.45) is 7.05 Å². The lowest BCUT2D eigenvalue weighted by atomic mass is 10.2. The third kappa shape index (κ3) is 2.36. The molecule has 0 aliphatic carbocycles. The van der Waals surface area contributed by atoms with Crippen molar-refractivity contribution in [3.63, 3.8) is 0 Å². The molecule has 5 heteroatoms. The number of imidazole rings is 1. The average Bonchev–Trinajstić information content (AvgIpc) is 3.17. The lowest BCUT2D eigenvalue weighted by Gasteiger charge is -2.07. The highest BCUT2D eigenvalue weighted by Gasteiger charge is 2.12. The van der Waals surface area contributed by atoms with Crippen molar-refractivity contribution in [3.05, 3.63) is 66.1 Å². The molecule has 114 valence electrons. The number of hydrogen-bond acceptors (Lipinski definition) is 2. The molecule has 0 unspecified atom stereocenters. The second-order valence-corrected chi connectivity index (χ2v) is 5.58. The van der Waals surface area contributed by atoms with E-state index in [0.29, 0.717) is 12.2 Å². The lowest BCUT2D eigenvalue weighted by molar-refractivity contribution is 0.0943. The van der Waals surface area contributed by atoms with E-state index in [1.54, 1.807) is 6.33 Å². The van der Waals surface area contributed by atoms with Crippen LogP contribution in [0.15, 0.2) is 54.9 Å². The molecule has 0 radical (unpaired) electrons. The molecule has 2 aromatic carbocycles. The molecule has 0 saturated carbocycles. The molecule has 0 spiro atoms. The summed E-state index contributed by atoms with van der Waals surface area (Å²) >= 11 is 0. The summed E-state index contributed by atoms with van der Waals surface area (Å²) in [5, 5.41) is 4.05. The molecule has 5 nitrogen and oxygen atoms in total. The van der Waals surface area contributed by atoms with E-state index in [-0.39, 0.29) is 5.91 Å². The van der Waals surface area contributed by atoms with E-state index in [4.69, 9.17) is 0 Å². The van der Waals surface area contributed by atoms with Crippen LogP contribution in [-0.2, 0) is 13.6 Å². The topological polar surface area (TPSA) is 62.7 Å². The van der Waals surface area contributed by atoms with E-state index in [0.717, 1.165) is 27.5 Å². The van der Waals surface area contributed by atoms with Crippen molar-refractivity contribution in [1.29, 1.82) is 0 Å².